The van der Waals surface area contributed by atoms with Crippen molar-refractivity contribution in [1.29, 1.82) is 0 Å². The molecule has 12 rings (SSSR count). The zero-order valence-corrected chi connectivity index (χ0v) is 39.5. The summed E-state index contributed by atoms with van der Waals surface area (Å²) in [4.78, 5) is 15.5. The molecule has 4 heteroatoms. The maximum Gasteiger partial charge on any atom is 0.160 e. The minimum absolute atomic E-state index is 0.227. The standard InChI is InChI=1S/C68H48N4/c1-5-17-47(18-6-1)49-29-37-53(38-30-49)63-45-65(71-67(69-63)57-21-9-3-10-22-57)55-41-33-51(34-42-55)59-25-13-15-27-61(59)62-28-16-14-26-60(62)52-35-43-56(44-36-52)66-46-64(70-68(72-66)58-23-11-4-12-24-58)54-39-31-50(32-40-54)48-19-7-2-8-20-48/h1-46,67,71H. The van der Waals surface area contributed by atoms with E-state index in [4.69, 9.17) is 15.0 Å². The van der Waals surface area contributed by atoms with E-state index in [1.54, 1.807) is 0 Å². The van der Waals surface area contributed by atoms with Crippen LogP contribution in [0.25, 0.3) is 95.2 Å². The third kappa shape index (κ3) is 9.21. The van der Waals surface area contributed by atoms with Crippen molar-refractivity contribution in [2.45, 2.75) is 6.17 Å². The Hall–Kier alpha value is -9.51. The molecule has 11 aromatic rings. The fourth-order valence-corrected chi connectivity index (χ4v) is 9.63. The van der Waals surface area contributed by atoms with Gasteiger partial charge in [-0.1, -0.05) is 267 Å². The molecule has 10 aromatic carbocycles. The van der Waals surface area contributed by atoms with E-state index in [9.17, 15) is 0 Å². The summed E-state index contributed by atoms with van der Waals surface area (Å²) in [5.41, 5.74) is 21.7. The molecule has 1 aliphatic heterocycles. The Balaban J connectivity index is 0.840. The lowest BCUT2D eigenvalue weighted by Crippen LogP contribution is -2.24. The second-order valence-electron chi connectivity index (χ2n) is 18.0. The smallest absolute Gasteiger partial charge is 0.160 e. The predicted octanol–water partition coefficient (Wildman–Crippen LogP) is 16.9. The highest BCUT2D eigenvalue weighted by Gasteiger charge is 2.21. The first kappa shape index (κ1) is 43.7. The summed E-state index contributed by atoms with van der Waals surface area (Å²) < 4.78 is 0. The van der Waals surface area contributed by atoms with Gasteiger partial charge in [0, 0.05) is 22.4 Å². The Morgan fingerprint density at radius 3 is 1.10 bits per heavy atom. The van der Waals surface area contributed by atoms with Gasteiger partial charge in [-0.3, -0.25) is 4.99 Å². The summed E-state index contributed by atoms with van der Waals surface area (Å²) in [6, 6.07) is 96.3. The summed E-state index contributed by atoms with van der Waals surface area (Å²) in [7, 11) is 0. The number of benzene rings is 10. The average molecular weight is 921 g/mol. The number of aromatic nitrogens is 2. The lowest BCUT2D eigenvalue weighted by molar-refractivity contribution is 0.664. The first-order valence-corrected chi connectivity index (χ1v) is 24.4. The van der Waals surface area contributed by atoms with Crippen LogP contribution in [0, 0.1) is 0 Å². The molecule has 1 aliphatic rings. The Morgan fingerprint density at radius 1 is 0.278 bits per heavy atom. The summed E-state index contributed by atoms with van der Waals surface area (Å²) in [6.07, 6.45) is 1.95. The van der Waals surface area contributed by atoms with E-state index in [1.165, 1.54) is 38.9 Å². The predicted molar refractivity (Wildman–Crippen MR) is 299 cm³/mol. The molecule has 0 radical (unpaired) electrons. The zero-order valence-electron chi connectivity index (χ0n) is 39.5. The third-order valence-corrected chi connectivity index (χ3v) is 13.4. The van der Waals surface area contributed by atoms with Crippen molar-refractivity contribution >= 4 is 11.4 Å². The van der Waals surface area contributed by atoms with Gasteiger partial charge < -0.3 is 5.32 Å². The molecule has 1 unspecified atom stereocenters. The molecule has 1 atom stereocenters. The van der Waals surface area contributed by atoms with Crippen LogP contribution in [0.5, 0.6) is 0 Å². The highest BCUT2D eigenvalue weighted by Crippen LogP contribution is 2.40. The molecule has 0 aliphatic carbocycles. The largest absolute Gasteiger partial charge is 0.360 e. The average Bonchev–Trinajstić information content (AvgIpc) is 3.48. The van der Waals surface area contributed by atoms with Crippen molar-refractivity contribution in [2.75, 3.05) is 0 Å². The van der Waals surface area contributed by atoms with Crippen molar-refractivity contribution in [3.63, 3.8) is 0 Å². The molecule has 1 N–H and O–H groups in total. The lowest BCUT2D eigenvalue weighted by Gasteiger charge is -2.25. The third-order valence-electron chi connectivity index (χ3n) is 13.4. The molecule has 4 nitrogen and oxygen atoms in total. The summed E-state index contributed by atoms with van der Waals surface area (Å²) in [6.45, 7) is 0. The van der Waals surface area contributed by atoms with Crippen molar-refractivity contribution in [2.24, 2.45) is 4.99 Å². The van der Waals surface area contributed by atoms with Crippen molar-refractivity contribution in [3.05, 3.63) is 296 Å². The SMILES string of the molecule is C1=C(c2ccc(-c3ccccc3-c3ccccc3-c3ccc(-c4cc(-c5ccc(-c6ccccc6)cc5)nc(-c5ccccc5)n4)cc3)cc2)NC(c2ccccc2)N=C1c1ccc(-c2ccccc2)cc1. The van der Waals surface area contributed by atoms with E-state index in [2.05, 4.69) is 254 Å². The van der Waals surface area contributed by atoms with E-state index in [0.29, 0.717) is 5.82 Å². The number of nitrogens with one attached hydrogen (secondary N) is 1. The Labute approximate surface area is 421 Å². The van der Waals surface area contributed by atoms with Gasteiger partial charge >= 0.3 is 0 Å². The molecule has 0 spiro atoms. The van der Waals surface area contributed by atoms with E-state index in [1.807, 2.05) is 30.3 Å². The topological polar surface area (TPSA) is 50.2 Å². The minimum Gasteiger partial charge on any atom is -0.360 e. The quantitative estimate of drug-likeness (QED) is 0.141. The van der Waals surface area contributed by atoms with Gasteiger partial charge in [0.05, 0.1) is 17.1 Å². The molecule has 0 saturated carbocycles. The zero-order chi connectivity index (χ0) is 48.1. The van der Waals surface area contributed by atoms with E-state index in [-0.39, 0.29) is 6.17 Å². The molecule has 0 fully saturated rings. The highest BCUT2D eigenvalue weighted by molar-refractivity contribution is 6.13. The van der Waals surface area contributed by atoms with Gasteiger partial charge in [-0.25, -0.2) is 9.97 Å². The van der Waals surface area contributed by atoms with Crippen LogP contribution in [0.1, 0.15) is 22.9 Å². The summed E-state index contributed by atoms with van der Waals surface area (Å²) in [5, 5.41) is 3.75. The molecular formula is C68H48N4. The first-order chi connectivity index (χ1) is 35.7. The van der Waals surface area contributed by atoms with Crippen LogP contribution in [0.3, 0.4) is 0 Å². The summed E-state index contributed by atoms with van der Waals surface area (Å²) in [5.74, 6) is 0.695. The first-order valence-electron chi connectivity index (χ1n) is 24.4. The van der Waals surface area contributed by atoms with Crippen LogP contribution >= 0.6 is 0 Å². The molecule has 0 saturated heterocycles. The highest BCUT2D eigenvalue weighted by atomic mass is 15.1. The molecule has 1 aromatic heterocycles. The van der Waals surface area contributed by atoms with Crippen LogP contribution in [-0.2, 0) is 0 Å². The molecule has 340 valence electrons. The Bertz CT molecular complexity index is 3700. The van der Waals surface area contributed by atoms with Crippen molar-refractivity contribution < 1.29 is 0 Å². The van der Waals surface area contributed by atoms with E-state index in [0.717, 1.165) is 72.9 Å². The number of aliphatic imine (C=N–C) groups is 1. The molecule has 0 bridgehead atoms. The number of allylic oxidation sites excluding steroid dienone is 1. The van der Waals surface area contributed by atoms with E-state index >= 15 is 0 Å². The van der Waals surface area contributed by atoms with Gasteiger partial charge in [0.15, 0.2) is 5.82 Å². The van der Waals surface area contributed by atoms with Gasteiger partial charge in [-0.05, 0) is 84.5 Å². The van der Waals surface area contributed by atoms with Crippen LogP contribution in [0.2, 0.25) is 0 Å². The maximum atomic E-state index is 5.23. The molecular weight excluding hydrogens is 873 g/mol. The summed E-state index contributed by atoms with van der Waals surface area (Å²) >= 11 is 0. The van der Waals surface area contributed by atoms with Gasteiger partial charge in [-0.2, -0.15) is 0 Å². The second-order valence-corrected chi connectivity index (χ2v) is 18.0. The lowest BCUT2D eigenvalue weighted by atomic mass is 9.89. The Kier molecular flexibility index (Phi) is 12.1. The maximum absolute atomic E-state index is 5.23. The normalized spacial score (nSPS) is 13.1. The van der Waals surface area contributed by atoms with Crippen LogP contribution in [0.15, 0.2) is 284 Å². The van der Waals surface area contributed by atoms with Gasteiger partial charge in [0.1, 0.15) is 6.17 Å². The van der Waals surface area contributed by atoms with Crippen molar-refractivity contribution in [3.8, 4) is 89.5 Å². The van der Waals surface area contributed by atoms with E-state index < -0.39 is 0 Å². The molecule has 72 heavy (non-hydrogen) atoms. The number of nitrogens with zero attached hydrogens (tertiary/aromatic N) is 3. The monoisotopic (exact) mass is 920 g/mol. The minimum atomic E-state index is -0.227. The fraction of sp³-hybridized carbons (Fsp3) is 0.0147. The van der Waals surface area contributed by atoms with Crippen LogP contribution in [0.4, 0.5) is 0 Å². The van der Waals surface area contributed by atoms with Crippen molar-refractivity contribution in [1.82, 2.24) is 15.3 Å². The number of rotatable bonds is 11. The van der Waals surface area contributed by atoms with Gasteiger partial charge in [0.2, 0.25) is 0 Å². The Morgan fingerprint density at radius 2 is 0.625 bits per heavy atom. The van der Waals surface area contributed by atoms with Crippen LogP contribution in [-0.4, -0.2) is 15.7 Å². The van der Waals surface area contributed by atoms with Gasteiger partial charge in [0.25, 0.3) is 0 Å². The second kappa shape index (κ2) is 19.8. The fourth-order valence-electron chi connectivity index (χ4n) is 9.63. The molecule has 0 amide bonds. The molecule has 2 heterocycles. The number of hydrogen-bond acceptors (Lipinski definition) is 4. The van der Waals surface area contributed by atoms with Crippen LogP contribution < -0.4 is 5.32 Å². The van der Waals surface area contributed by atoms with Gasteiger partial charge in [-0.15, -0.1) is 0 Å². The number of hydrogen-bond donors (Lipinski definition) is 1.